The first-order valence-electron chi connectivity index (χ1n) is 7.92. The maximum absolute atomic E-state index is 6.09. The number of aromatic nitrogens is 2. The van der Waals surface area contributed by atoms with Gasteiger partial charge < -0.3 is 19.7 Å². The second-order valence-corrected chi connectivity index (χ2v) is 6.41. The zero-order valence-corrected chi connectivity index (χ0v) is 13.0. The van der Waals surface area contributed by atoms with Crippen molar-refractivity contribution in [3.63, 3.8) is 0 Å². The van der Waals surface area contributed by atoms with Crippen molar-refractivity contribution in [2.45, 2.75) is 70.3 Å². The lowest BCUT2D eigenvalue weighted by molar-refractivity contribution is -0.00549. The van der Waals surface area contributed by atoms with Crippen LogP contribution in [-0.2, 0) is 9.47 Å². The Morgan fingerprint density at radius 1 is 1.29 bits per heavy atom. The number of rotatable bonds is 5. The van der Waals surface area contributed by atoms with Crippen LogP contribution in [0.4, 0.5) is 0 Å². The standard InChI is InChI=1S/C15H25N3O3/c1-8-9(2)20-10(3)13(8)15-17-14(18-21-15)12(16)7-19-11-5-4-6-11/h8-13H,4-7,16H2,1-3H3. The summed E-state index contributed by atoms with van der Waals surface area (Å²) < 4.78 is 17.0. The molecule has 2 N–H and O–H groups in total. The molecule has 118 valence electrons. The second kappa shape index (κ2) is 6.02. The molecule has 1 saturated carbocycles. The highest BCUT2D eigenvalue weighted by atomic mass is 16.5. The minimum Gasteiger partial charge on any atom is -0.376 e. The summed E-state index contributed by atoms with van der Waals surface area (Å²) in [5, 5.41) is 4.03. The predicted octanol–water partition coefficient (Wildman–Crippen LogP) is 2.17. The van der Waals surface area contributed by atoms with E-state index in [2.05, 4.69) is 24.0 Å². The van der Waals surface area contributed by atoms with Crippen molar-refractivity contribution < 1.29 is 14.0 Å². The summed E-state index contributed by atoms with van der Waals surface area (Å²) in [4.78, 5) is 4.49. The average Bonchev–Trinajstić information content (AvgIpc) is 2.94. The van der Waals surface area contributed by atoms with E-state index < -0.39 is 0 Å². The molecular weight excluding hydrogens is 270 g/mol. The van der Waals surface area contributed by atoms with E-state index in [1.54, 1.807) is 0 Å². The van der Waals surface area contributed by atoms with Gasteiger partial charge in [-0.1, -0.05) is 12.1 Å². The summed E-state index contributed by atoms with van der Waals surface area (Å²) in [6, 6.07) is -0.326. The molecule has 1 aromatic rings. The molecule has 21 heavy (non-hydrogen) atoms. The topological polar surface area (TPSA) is 83.4 Å². The fourth-order valence-electron chi connectivity index (χ4n) is 3.08. The van der Waals surface area contributed by atoms with E-state index in [9.17, 15) is 0 Å². The van der Waals surface area contributed by atoms with Gasteiger partial charge in [-0.15, -0.1) is 0 Å². The van der Waals surface area contributed by atoms with Crippen molar-refractivity contribution in [1.82, 2.24) is 10.1 Å². The third-order valence-corrected chi connectivity index (χ3v) is 4.88. The third kappa shape index (κ3) is 2.98. The Labute approximate surface area is 125 Å². The second-order valence-electron chi connectivity index (χ2n) is 6.41. The quantitative estimate of drug-likeness (QED) is 0.896. The van der Waals surface area contributed by atoms with Gasteiger partial charge in [0, 0.05) is 0 Å². The molecule has 6 nitrogen and oxygen atoms in total. The van der Waals surface area contributed by atoms with Crippen LogP contribution in [0.3, 0.4) is 0 Å². The molecule has 1 saturated heterocycles. The van der Waals surface area contributed by atoms with Crippen LogP contribution in [0.15, 0.2) is 4.52 Å². The van der Waals surface area contributed by atoms with Gasteiger partial charge >= 0.3 is 0 Å². The van der Waals surface area contributed by atoms with Crippen molar-refractivity contribution in [2.75, 3.05) is 6.61 Å². The van der Waals surface area contributed by atoms with E-state index in [4.69, 9.17) is 19.7 Å². The van der Waals surface area contributed by atoms with E-state index in [-0.39, 0.29) is 24.2 Å². The Bertz CT molecular complexity index is 474. The van der Waals surface area contributed by atoms with E-state index in [1.165, 1.54) is 6.42 Å². The normalized spacial score (nSPS) is 34.9. The number of hydrogen-bond donors (Lipinski definition) is 1. The number of hydrogen-bond acceptors (Lipinski definition) is 6. The lowest BCUT2D eigenvalue weighted by Gasteiger charge is -2.26. The van der Waals surface area contributed by atoms with Crippen molar-refractivity contribution in [3.8, 4) is 0 Å². The number of ether oxygens (including phenoxy) is 2. The summed E-state index contributed by atoms with van der Waals surface area (Å²) in [6.45, 7) is 6.74. The third-order valence-electron chi connectivity index (χ3n) is 4.88. The Kier molecular flexibility index (Phi) is 4.28. The van der Waals surface area contributed by atoms with Gasteiger partial charge in [0.15, 0.2) is 5.82 Å². The largest absolute Gasteiger partial charge is 0.376 e. The monoisotopic (exact) mass is 295 g/mol. The number of nitrogens with zero attached hydrogens (tertiary/aromatic N) is 2. The van der Waals surface area contributed by atoms with Gasteiger partial charge in [0.2, 0.25) is 5.89 Å². The summed E-state index contributed by atoms with van der Waals surface area (Å²) in [5.74, 6) is 1.66. The van der Waals surface area contributed by atoms with Gasteiger partial charge in [0.05, 0.1) is 36.9 Å². The smallest absolute Gasteiger partial charge is 0.232 e. The first-order chi connectivity index (χ1) is 10.1. The van der Waals surface area contributed by atoms with Crippen LogP contribution in [0.2, 0.25) is 0 Å². The first-order valence-corrected chi connectivity index (χ1v) is 7.92. The van der Waals surface area contributed by atoms with Gasteiger partial charge in [-0.2, -0.15) is 4.98 Å². The predicted molar refractivity (Wildman–Crippen MR) is 76.7 cm³/mol. The van der Waals surface area contributed by atoms with Crippen molar-refractivity contribution in [3.05, 3.63) is 11.7 Å². The fraction of sp³-hybridized carbons (Fsp3) is 0.867. The van der Waals surface area contributed by atoms with E-state index in [0.717, 1.165) is 12.8 Å². The molecule has 1 aliphatic carbocycles. The van der Waals surface area contributed by atoms with Crippen LogP contribution < -0.4 is 5.73 Å². The lowest BCUT2D eigenvalue weighted by atomic mass is 9.89. The Hall–Kier alpha value is -0.980. The molecule has 0 amide bonds. The first kappa shape index (κ1) is 14.9. The van der Waals surface area contributed by atoms with E-state index >= 15 is 0 Å². The SMILES string of the molecule is CC1OC(C)C(c2nc(C(N)COC3CCC3)no2)C1C. The molecule has 0 bridgehead atoms. The highest BCUT2D eigenvalue weighted by Gasteiger charge is 2.41. The van der Waals surface area contributed by atoms with Crippen LogP contribution in [0, 0.1) is 5.92 Å². The van der Waals surface area contributed by atoms with Crippen LogP contribution in [-0.4, -0.2) is 35.1 Å². The maximum atomic E-state index is 6.09. The van der Waals surface area contributed by atoms with Crippen LogP contribution in [0.5, 0.6) is 0 Å². The van der Waals surface area contributed by atoms with Gasteiger partial charge in [0.25, 0.3) is 0 Å². The van der Waals surface area contributed by atoms with Crippen molar-refractivity contribution in [1.29, 1.82) is 0 Å². The molecule has 2 heterocycles. The van der Waals surface area contributed by atoms with Gasteiger partial charge in [-0.25, -0.2) is 0 Å². The molecule has 1 aromatic heterocycles. The highest BCUT2D eigenvalue weighted by molar-refractivity contribution is 5.05. The molecule has 5 unspecified atom stereocenters. The minimum absolute atomic E-state index is 0.0887. The maximum Gasteiger partial charge on any atom is 0.232 e. The minimum atomic E-state index is -0.326. The number of nitrogens with two attached hydrogens (primary N) is 1. The molecule has 2 fully saturated rings. The van der Waals surface area contributed by atoms with E-state index in [1.807, 2.05) is 6.92 Å². The highest BCUT2D eigenvalue weighted by Crippen LogP contribution is 2.39. The molecule has 0 radical (unpaired) electrons. The molecule has 0 spiro atoms. The molecule has 5 atom stereocenters. The summed E-state index contributed by atoms with van der Waals surface area (Å²) >= 11 is 0. The van der Waals surface area contributed by atoms with Gasteiger partial charge in [-0.05, 0) is 39.0 Å². The Morgan fingerprint density at radius 2 is 2.05 bits per heavy atom. The van der Waals surface area contributed by atoms with Crippen LogP contribution in [0.25, 0.3) is 0 Å². The Morgan fingerprint density at radius 3 is 2.62 bits per heavy atom. The molecule has 1 aliphatic heterocycles. The zero-order chi connectivity index (χ0) is 15.0. The molecular formula is C15H25N3O3. The molecule has 2 aliphatic rings. The van der Waals surface area contributed by atoms with Crippen LogP contribution in [0.1, 0.15) is 63.7 Å². The summed E-state index contributed by atoms with van der Waals surface area (Å²) in [5.41, 5.74) is 6.09. The molecule has 3 rings (SSSR count). The molecule has 6 heteroatoms. The van der Waals surface area contributed by atoms with E-state index in [0.29, 0.717) is 30.3 Å². The van der Waals surface area contributed by atoms with Gasteiger partial charge in [0.1, 0.15) is 0 Å². The summed E-state index contributed by atoms with van der Waals surface area (Å²) in [7, 11) is 0. The summed E-state index contributed by atoms with van der Waals surface area (Å²) in [6.07, 6.45) is 4.18. The average molecular weight is 295 g/mol. The van der Waals surface area contributed by atoms with Crippen LogP contribution >= 0.6 is 0 Å². The van der Waals surface area contributed by atoms with Crippen molar-refractivity contribution in [2.24, 2.45) is 11.7 Å². The van der Waals surface area contributed by atoms with Gasteiger partial charge in [-0.3, -0.25) is 0 Å². The molecule has 0 aromatic carbocycles. The zero-order valence-electron chi connectivity index (χ0n) is 13.0. The van der Waals surface area contributed by atoms with Crippen molar-refractivity contribution >= 4 is 0 Å². The Balaban J connectivity index is 1.62. The lowest BCUT2D eigenvalue weighted by Crippen LogP contribution is -2.27. The fourth-order valence-corrected chi connectivity index (χ4v) is 3.08.